The Kier molecular flexibility index (Phi) is 5.65. The molecule has 0 unspecified atom stereocenters. The lowest BCUT2D eigenvalue weighted by molar-refractivity contribution is -0.118. The summed E-state index contributed by atoms with van der Waals surface area (Å²) in [5.74, 6) is -1.33. The van der Waals surface area contributed by atoms with E-state index in [4.69, 9.17) is 4.74 Å². The number of amides is 2. The van der Waals surface area contributed by atoms with Gasteiger partial charge in [-0.05, 0) is 25.1 Å². The molecule has 176 valence electrons. The van der Waals surface area contributed by atoms with Crippen LogP contribution in [0.2, 0.25) is 0 Å². The molecule has 12 heteroatoms. The van der Waals surface area contributed by atoms with E-state index in [-0.39, 0.29) is 54.3 Å². The van der Waals surface area contributed by atoms with Crippen LogP contribution in [0.25, 0.3) is 11.0 Å². The van der Waals surface area contributed by atoms with Crippen molar-refractivity contribution in [3.63, 3.8) is 0 Å². The molecule has 2 aliphatic rings. The number of nitrogens with zero attached hydrogens (tertiary/aromatic N) is 4. The van der Waals surface area contributed by atoms with E-state index in [2.05, 4.69) is 20.6 Å². The molecule has 3 aromatic rings. The zero-order valence-corrected chi connectivity index (χ0v) is 17.9. The predicted octanol–water partition coefficient (Wildman–Crippen LogP) is 1.19. The van der Waals surface area contributed by atoms with E-state index in [1.165, 1.54) is 9.47 Å². The Bertz CT molecular complexity index is 1360. The number of pyridine rings is 1. The van der Waals surface area contributed by atoms with E-state index < -0.39 is 17.2 Å². The van der Waals surface area contributed by atoms with Crippen molar-refractivity contribution in [1.82, 2.24) is 19.9 Å². The summed E-state index contributed by atoms with van der Waals surface area (Å²) in [6, 6.07) is 5.13. The molecule has 5 rings (SSSR count). The maximum Gasteiger partial charge on any atom is 0.269 e. The molecule has 2 aliphatic heterocycles. The summed E-state index contributed by atoms with van der Waals surface area (Å²) in [6.45, 7) is 1.08. The Morgan fingerprint density at radius 1 is 1.18 bits per heavy atom. The fourth-order valence-electron chi connectivity index (χ4n) is 4.10. The van der Waals surface area contributed by atoms with Crippen LogP contribution < -0.4 is 25.8 Å². The predicted molar refractivity (Wildman–Crippen MR) is 118 cm³/mol. The van der Waals surface area contributed by atoms with Crippen molar-refractivity contribution >= 4 is 34.5 Å². The zero-order valence-electron chi connectivity index (χ0n) is 17.9. The Morgan fingerprint density at radius 2 is 2.00 bits per heavy atom. The third kappa shape index (κ3) is 4.19. The number of hydrogen-bond donors (Lipinski definition) is 2. The molecule has 1 aromatic carbocycles. The van der Waals surface area contributed by atoms with Gasteiger partial charge in [0.1, 0.15) is 5.82 Å². The monoisotopic (exact) mass is 470 g/mol. The Hall–Kier alpha value is -3.93. The lowest BCUT2D eigenvalue weighted by Crippen LogP contribution is -2.34. The normalized spacial score (nSPS) is 17.6. The first kappa shape index (κ1) is 21.9. The first-order valence-electron chi connectivity index (χ1n) is 10.7. The molecule has 0 radical (unpaired) electrons. The van der Waals surface area contributed by atoms with Gasteiger partial charge in [0.25, 0.3) is 11.5 Å². The topological polar surface area (TPSA) is 118 Å². The molecular formula is C22H20F2N6O4. The molecule has 0 saturated carbocycles. The van der Waals surface area contributed by atoms with Gasteiger partial charge in [-0.1, -0.05) is 0 Å². The van der Waals surface area contributed by atoms with Crippen molar-refractivity contribution in [3.05, 3.63) is 52.5 Å². The quantitative estimate of drug-likeness (QED) is 0.520. The molecule has 1 saturated heterocycles. The summed E-state index contributed by atoms with van der Waals surface area (Å²) < 4.78 is 33.8. The molecule has 1 atom stereocenters. The van der Waals surface area contributed by atoms with Crippen LogP contribution in [0.3, 0.4) is 0 Å². The fraction of sp³-hybridized carbons (Fsp3) is 0.318. The Labute approximate surface area is 191 Å². The van der Waals surface area contributed by atoms with E-state index in [9.17, 15) is 23.2 Å². The molecule has 0 aliphatic carbocycles. The van der Waals surface area contributed by atoms with E-state index in [1.807, 2.05) is 0 Å². The number of halogens is 2. The summed E-state index contributed by atoms with van der Waals surface area (Å²) in [5, 5.41) is 5.92. The van der Waals surface area contributed by atoms with E-state index in [0.29, 0.717) is 31.1 Å². The summed E-state index contributed by atoms with van der Waals surface area (Å²) in [6.07, 6.45) is 1.87. The summed E-state index contributed by atoms with van der Waals surface area (Å²) in [4.78, 5) is 46.0. The fourth-order valence-corrected chi connectivity index (χ4v) is 4.10. The van der Waals surface area contributed by atoms with Gasteiger partial charge in [-0.2, -0.15) is 0 Å². The van der Waals surface area contributed by atoms with Crippen molar-refractivity contribution < 1.29 is 23.1 Å². The van der Waals surface area contributed by atoms with Crippen LogP contribution in [0, 0.1) is 11.6 Å². The number of carbonyl (C=O) groups excluding carboxylic acids is 2. The number of ether oxygens (including phenoxy) is 1. The van der Waals surface area contributed by atoms with Crippen molar-refractivity contribution in [1.29, 1.82) is 0 Å². The summed E-state index contributed by atoms with van der Waals surface area (Å²) >= 11 is 0. The minimum atomic E-state index is -1.04. The van der Waals surface area contributed by atoms with Crippen molar-refractivity contribution in [2.75, 3.05) is 29.9 Å². The van der Waals surface area contributed by atoms with Crippen molar-refractivity contribution in [2.24, 2.45) is 0 Å². The molecule has 2 amide bonds. The SMILES string of the molecule is O=C1COc2ccc(N3C[C@H](NCCCn4c(=O)cnc5cc(F)c(F)cc54)CC3=O)nc2N1. The number of benzene rings is 1. The molecule has 34 heavy (non-hydrogen) atoms. The van der Waals surface area contributed by atoms with Gasteiger partial charge < -0.3 is 19.9 Å². The van der Waals surface area contributed by atoms with Gasteiger partial charge >= 0.3 is 0 Å². The lowest BCUT2D eigenvalue weighted by Gasteiger charge is -2.21. The largest absolute Gasteiger partial charge is 0.480 e. The third-order valence-corrected chi connectivity index (χ3v) is 5.74. The van der Waals surface area contributed by atoms with Crippen LogP contribution in [0.15, 0.2) is 35.3 Å². The van der Waals surface area contributed by atoms with Gasteiger partial charge in [-0.3, -0.25) is 19.3 Å². The number of hydrogen-bond acceptors (Lipinski definition) is 7. The van der Waals surface area contributed by atoms with Gasteiger partial charge in [0, 0.05) is 37.7 Å². The van der Waals surface area contributed by atoms with Gasteiger partial charge in [0.05, 0.1) is 17.2 Å². The summed E-state index contributed by atoms with van der Waals surface area (Å²) in [5.41, 5.74) is 0.0149. The van der Waals surface area contributed by atoms with Gasteiger partial charge in [-0.15, -0.1) is 0 Å². The highest BCUT2D eigenvalue weighted by atomic mass is 19.2. The minimum Gasteiger partial charge on any atom is -0.480 e. The van der Waals surface area contributed by atoms with Crippen LogP contribution in [0.1, 0.15) is 12.8 Å². The molecule has 10 nitrogen and oxygen atoms in total. The second-order valence-electron chi connectivity index (χ2n) is 8.07. The van der Waals surface area contributed by atoms with Crippen LogP contribution in [0.5, 0.6) is 5.75 Å². The van der Waals surface area contributed by atoms with E-state index >= 15 is 0 Å². The first-order valence-corrected chi connectivity index (χ1v) is 10.7. The third-order valence-electron chi connectivity index (χ3n) is 5.74. The number of anilines is 2. The number of fused-ring (bicyclic) bond motifs is 2. The molecule has 2 N–H and O–H groups in total. The van der Waals surface area contributed by atoms with E-state index in [0.717, 1.165) is 18.3 Å². The van der Waals surface area contributed by atoms with Crippen LogP contribution in [0.4, 0.5) is 20.4 Å². The van der Waals surface area contributed by atoms with Crippen LogP contribution in [-0.2, 0) is 16.1 Å². The second kappa shape index (κ2) is 8.78. The minimum absolute atomic E-state index is 0.0735. The Morgan fingerprint density at radius 3 is 2.85 bits per heavy atom. The van der Waals surface area contributed by atoms with Crippen molar-refractivity contribution in [3.8, 4) is 5.75 Å². The highest BCUT2D eigenvalue weighted by Gasteiger charge is 2.32. The Balaban J connectivity index is 1.20. The maximum atomic E-state index is 13.7. The first-order chi connectivity index (χ1) is 16.4. The zero-order chi connectivity index (χ0) is 23.8. The highest BCUT2D eigenvalue weighted by molar-refractivity contribution is 5.97. The van der Waals surface area contributed by atoms with Gasteiger partial charge in [0.2, 0.25) is 5.91 Å². The summed E-state index contributed by atoms with van der Waals surface area (Å²) in [7, 11) is 0. The molecular weight excluding hydrogens is 450 g/mol. The average Bonchev–Trinajstić information content (AvgIpc) is 3.19. The van der Waals surface area contributed by atoms with Crippen LogP contribution in [-0.4, -0.2) is 52.1 Å². The highest BCUT2D eigenvalue weighted by Crippen LogP contribution is 2.30. The molecule has 0 bridgehead atoms. The number of aryl methyl sites for hydroxylation is 1. The number of rotatable bonds is 6. The standard InChI is InChI=1S/C22H20F2N6O4/c23-13-7-15-16(8-14(13)24)29(21(33)9-26-15)5-1-4-25-12-6-20(32)30(10-12)18-3-2-17-22(27-18)28-19(31)11-34-17/h2-3,7-9,12,25H,1,4-6,10-11H2,(H,27,28,31)/t12-/m1/s1. The molecule has 1 fully saturated rings. The lowest BCUT2D eigenvalue weighted by atomic mass is 10.2. The second-order valence-corrected chi connectivity index (χ2v) is 8.07. The van der Waals surface area contributed by atoms with E-state index in [1.54, 1.807) is 12.1 Å². The average molecular weight is 470 g/mol. The maximum absolute atomic E-state index is 13.7. The number of nitrogens with one attached hydrogen (secondary N) is 2. The van der Waals surface area contributed by atoms with Crippen LogP contribution >= 0.6 is 0 Å². The van der Waals surface area contributed by atoms with Gasteiger partial charge in [-0.25, -0.2) is 18.7 Å². The van der Waals surface area contributed by atoms with Crippen molar-refractivity contribution in [2.45, 2.75) is 25.4 Å². The number of aromatic nitrogens is 3. The smallest absolute Gasteiger partial charge is 0.269 e. The number of carbonyl (C=O) groups is 2. The van der Waals surface area contributed by atoms with Gasteiger partial charge in [0.15, 0.2) is 29.8 Å². The molecule has 0 spiro atoms. The molecule has 2 aromatic heterocycles. The molecule has 4 heterocycles.